The zero-order valence-corrected chi connectivity index (χ0v) is 19.6. The summed E-state index contributed by atoms with van der Waals surface area (Å²) in [6, 6.07) is 6.43. The molecule has 33 heavy (non-hydrogen) atoms. The van der Waals surface area contributed by atoms with Crippen LogP contribution in [0, 0.1) is 0 Å². The summed E-state index contributed by atoms with van der Waals surface area (Å²) < 4.78 is 28.8. The van der Waals surface area contributed by atoms with Crippen LogP contribution in [0.4, 0.5) is 5.82 Å². The molecule has 0 radical (unpaired) electrons. The number of amides is 1. The van der Waals surface area contributed by atoms with E-state index in [9.17, 15) is 13.2 Å². The molecular formula is C21H26ClN7O3S. The second-order valence-electron chi connectivity index (χ2n) is 7.53. The van der Waals surface area contributed by atoms with Crippen molar-refractivity contribution in [1.29, 1.82) is 0 Å². The number of aryl methyl sites for hydroxylation is 1. The predicted molar refractivity (Wildman–Crippen MR) is 126 cm³/mol. The van der Waals surface area contributed by atoms with Crippen LogP contribution in [0.5, 0.6) is 0 Å². The summed E-state index contributed by atoms with van der Waals surface area (Å²) in [7, 11) is -3.49. The van der Waals surface area contributed by atoms with Crippen LogP contribution in [0.2, 0.25) is 0 Å². The number of nitrogens with one attached hydrogen (secondary N) is 1. The average Bonchev–Trinajstić information content (AvgIpc) is 3.52. The van der Waals surface area contributed by atoms with Crippen LogP contribution in [0.15, 0.2) is 54.1 Å². The third kappa shape index (κ3) is 5.67. The van der Waals surface area contributed by atoms with Gasteiger partial charge in [0.05, 0.1) is 23.1 Å². The number of benzene rings is 1. The van der Waals surface area contributed by atoms with Gasteiger partial charge < -0.3 is 15.6 Å². The van der Waals surface area contributed by atoms with E-state index in [2.05, 4.69) is 20.3 Å². The predicted octanol–water partition coefficient (Wildman–Crippen LogP) is 1.95. The van der Waals surface area contributed by atoms with E-state index < -0.39 is 15.9 Å². The number of nitrogens with zero attached hydrogens (tertiary/aromatic N) is 5. The molecule has 0 atom stereocenters. The van der Waals surface area contributed by atoms with Crippen molar-refractivity contribution in [3.63, 3.8) is 0 Å². The smallest absolute Gasteiger partial charge is 0.273 e. The molecule has 12 heteroatoms. The number of hydrogen-bond donors (Lipinski definition) is 2. The summed E-state index contributed by atoms with van der Waals surface area (Å²) in [6.45, 7) is 2.28. The lowest BCUT2D eigenvalue weighted by molar-refractivity contribution is 0.0948. The van der Waals surface area contributed by atoms with Crippen LogP contribution in [0.25, 0.3) is 11.3 Å². The third-order valence-electron chi connectivity index (χ3n) is 5.31. The van der Waals surface area contributed by atoms with Gasteiger partial charge in [-0.15, -0.1) is 12.4 Å². The molecule has 0 bridgehead atoms. The fraction of sp³-hybridized carbons (Fsp3) is 0.333. The van der Waals surface area contributed by atoms with E-state index in [0.717, 1.165) is 25.8 Å². The van der Waals surface area contributed by atoms with Gasteiger partial charge in [-0.3, -0.25) is 4.79 Å². The maximum absolute atomic E-state index is 12.7. The van der Waals surface area contributed by atoms with Gasteiger partial charge in [0.15, 0.2) is 11.5 Å². The topological polar surface area (TPSA) is 136 Å². The number of carbonyl (C=O) groups is 1. The maximum Gasteiger partial charge on any atom is 0.273 e. The van der Waals surface area contributed by atoms with Gasteiger partial charge >= 0.3 is 0 Å². The van der Waals surface area contributed by atoms with E-state index >= 15 is 0 Å². The Kier molecular flexibility index (Phi) is 8.01. The number of sulfonamides is 1. The molecule has 0 saturated carbocycles. The van der Waals surface area contributed by atoms with Gasteiger partial charge in [0.2, 0.25) is 10.0 Å². The molecule has 0 spiro atoms. The van der Waals surface area contributed by atoms with Crippen molar-refractivity contribution in [2.24, 2.45) is 0 Å². The molecule has 0 unspecified atom stereocenters. The number of halogens is 1. The van der Waals surface area contributed by atoms with Crippen LogP contribution in [-0.4, -0.2) is 57.8 Å². The molecule has 3 heterocycles. The minimum atomic E-state index is -3.49. The van der Waals surface area contributed by atoms with Gasteiger partial charge in [0, 0.05) is 44.1 Å². The first-order valence-electron chi connectivity index (χ1n) is 10.4. The number of nitrogens with two attached hydrogens (primary N) is 1. The van der Waals surface area contributed by atoms with E-state index in [4.69, 9.17) is 5.73 Å². The monoisotopic (exact) mass is 491 g/mol. The standard InChI is InChI=1S/C21H25N7O3S.ClH/c22-20-19(21(29)24-8-3-10-27-13-9-23-15-27)26-18(14-25-20)16-4-6-17(7-5-16)32(30,31)28-11-1-2-12-28;/h4-7,9,13-15H,1-3,8,10-12H2,(H2,22,25)(H,24,29);1H. The first kappa shape index (κ1) is 24.6. The maximum atomic E-state index is 12.7. The highest BCUT2D eigenvalue weighted by molar-refractivity contribution is 7.89. The van der Waals surface area contributed by atoms with Crippen molar-refractivity contribution in [3.8, 4) is 11.3 Å². The van der Waals surface area contributed by atoms with E-state index in [1.165, 1.54) is 10.5 Å². The zero-order chi connectivity index (χ0) is 22.6. The largest absolute Gasteiger partial charge is 0.382 e. The van der Waals surface area contributed by atoms with E-state index in [1.54, 1.807) is 36.8 Å². The molecule has 176 valence electrons. The van der Waals surface area contributed by atoms with Gasteiger partial charge in [-0.1, -0.05) is 12.1 Å². The van der Waals surface area contributed by atoms with Crippen molar-refractivity contribution in [2.75, 3.05) is 25.4 Å². The van der Waals surface area contributed by atoms with Crippen molar-refractivity contribution in [3.05, 3.63) is 54.9 Å². The van der Waals surface area contributed by atoms with Crippen LogP contribution in [-0.2, 0) is 16.6 Å². The third-order valence-corrected chi connectivity index (χ3v) is 7.22. The SMILES string of the molecule is Cl.Nc1ncc(-c2ccc(S(=O)(=O)N3CCCC3)cc2)nc1C(=O)NCCCn1ccnc1. The lowest BCUT2D eigenvalue weighted by Gasteiger charge is -2.15. The number of aromatic nitrogens is 4. The lowest BCUT2D eigenvalue weighted by atomic mass is 10.1. The van der Waals surface area contributed by atoms with Gasteiger partial charge in [-0.05, 0) is 31.4 Å². The summed E-state index contributed by atoms with van der Waals surface area (Å²) in [5.41, 5.74) is 6.99. The molecule has 1 saturated heterocycles. The van der Waals surface area contributed by atoms with Crippen LogP contribution in [0.3, 0.4) is 0 Å². The van der Waals surface area contributed by atoms with Crippen molar-refractivity contribution < 1.29 is 13.2 Å². The molecule has 0 aliphatic carbocycles. The fourth-order valence-electron chi connectivity index (χ4n) is 3.55. The van der Waals surface area contributed by atoms with Crippen LogP contribution >= 0.6 is 12.4 Å². The Morgan fingerprint density at radius 3 is 2.55 bits per heavy atom. The second kappa shape index (κ2) is 10.7. The Morgan fingerprint density at radius 2 is 1.88 bits per heavy atom. The number of nitrogen functional groups attached to an aromatic ring is 1. The molecule has 1 aromatic carbocycles. The fourth-order valence-corrected chi connectivity index (χ4v) is 5.06. The van der Waals surface area contributed by atoms with Crippen molar-refractivity contribution in [1.82, 2.24) is 29.1 Å². The highest BCUT2D eigenvalue weighted by atomic mass is 35.5. The van der Waals surface area contributed by atoms with Gasteiger partial charge in [-0.25, -0.2) is 23.4 Å². The second-order valence-corrected chi connectivity index (χ2v) is 9.47. The number of imidazole rings is 1. The first-order valence-corrected chi connectivity index (χ1v) is 11.9. The molecule has 3 aromatic rings. The summed E-state index contributed by atoms with van der Waals surface area (Å²) in [6.07, 6.45) is 9.23. The molecule has 1 aliphatic rings. The summed E-state index contributed by atoms with van der Waals surface area (Å²) in [5, 5.41) is 2.80. The number of carbonyl (C=O) groups excluding carboxylic acids is 1. The van der Waals surface area contributed by atoms with Crippen LogP contribution < -0.4 is 11.1 Å². The normalized spacial score (nSPS) is 14.1. The highest BCUT2D eigenvalue weighted by Crippen LogP contribution is 2.24. The molecule has 1 amide bonds. The molecule has 2 aromatic heterocycles. The zero-order valence-electron chi connectivity index (χ0n) is 17.9. The Morgan fingerprint density at radius 1 is 1.15 bits per heavy atom. The highest BCUT2D eigenvalue weighted by Gasteiger charge is 2.27. The minimum Gasteiger partial charge on any atom is -0.382 e. The lowest BCUT2D eigenvalue weighted by Crippen LogP contribution is -2.27. The summed E-state index contributed by atoms with van der Waals surface area (Å²) >= 11 is 0. The Labute approximate surface area is 198 Å². The number of rotatable bonds is 8. The Bertz CT molecular complexity index is 1180. The Hall–Kier alpha value is -3.02. The summed E-state index contributed by atoms with van der Waals surface area (Å²) in [5.74, 6) is -0.371. The van der Waals surface area contributed by atoms with E-state index in [-0.39, 0.29) is 28.8 Å². The molecule has 10 nitrogen and oxygen atoms in total. The molecular weight excluding hydrogens is 466 g/mol. The molecule has 4 rings (SSSR count). The average molecular weight is 492 g/mol. The Balaban J connectivity index is 0.00000306. The van der Waals surface area contributed by atoms with Crippen molar-refractivity contribution >= 4 is 34.2 Å². The van der Waals surface area contributed by atoms with Gasteiger partial charge in [-0.2, -0.15) is 4.31 Å². The van der Waals surface area contributed by atoms with Gasteiger partial charge in [0.1, 0.15) is 0 Å². The molecule has 1 fully saturated rings. The van der Waals surface area contributed by atoms with Gasteiger partial charge in [0.25, 0.3) is 5.91 Å². The first-order chi connectivity index (χ1) is 15.4. The van der Waals surface area contributed by atoms with E-state index in [0.29, 0.717) is 30.9 Å². The van der Waals surface area contributed by atoms with Crippen LogP contribution in [0.1, 0.15) is 29.8 Å². The quantitative estimate of drug-likeness (QED) is 0.459. The summed E-state index contributed by atoms with van der Waals surface area (Å²) in [4.78, 5) is 25.2. The number of hydrogen-bond acceptors (Lipinski definition) is 7. The number of anilines is 1. The molecule has 1 aliphatic heterocycles. The van der Waals surface area contributed by atoms with Crippen molar-refractivity contribution in [2.45, 2.75) is 30.7 Å². The van der Waals surface area contributed by atoms with E-state index in [1.807, 2.05) is 10.8 Å². The minimum absolute atomic E-state index is 0. The molecule has 3 N–H and O–H groups in total.